The van der Waals surface area contributed by atoms with Gasteiger partial charge in [0.2, 0.25) is 5.13 Å². The molecule has 20 heavy (non-hydrogen) atoms. The van der Waals surface area contributed by atoms with Gasteiger partial charge in [0.05, 0.1) is 6.61 Å². The van der Waals surface area contributed by atoms with E-state index >= 15 is 0 Å². The van der Waals surface area contributed by atoms with E-state index in [1.807, 2.05) is 0 Å². The Balaban J connectivity index is 1.89. The molecule has 0 saturated carbocycles. The van der Waals surface area contributed by atoms with Crippen LogP contribution in [-0.4, -0.2) is 22.7 Å². The molecule has 106 valence electrons. The summed E-state index contributed by atoms with van der Waals surface area (Å²) in [6.45, 7) is 5.00. The van der Waals surface area contributed by atoms with E-state index in [0.717, 1.165) is 12.2 Å². The lowest BCUT2D eigenvalue weighted by Gasteiger charge is -2.08. The van der Waals surface area contributed by atoms with Crippen molar-refractivity contribution in [2.24, 2.45) is 5.92 Å². The number of nitrogens with one attached hydrogen (secondary N) is 1. The maximum Gasteiger partial charge on any atom is 0.257 e. The molecule has 0 atom stereocenters. The summed E-state index contributed by atoms with van der Waals surface area (Å²) in [5.74, 6) is 1.19. The molecule has 5 nitrogen and oxygen atoms in total. The van der Waals surface area contributed by atoms with E-state index in [9.17, 15) is 4.79 Å². The molecule has 1 N–H and O–H groups in total. The van der Waals surface area contributed by atoms with Gasteiger partial charge in [-0.1, -0.05) is 25.2 Å². The van der Waals surface area contributed by atoms with E-state index in [-0.39, 0.29) is 5.91 Å². The number of carbonyl (C=O) groups is 1. The highest BCUT2D eigenvalue weighted by Gasteiger charge is 2.08. The van der Waals surface area contributed by atoms with Crippen molar-refractivity contribution in [3.63, 3.8) is 0 Å². The molecule has 1 aromatic carbocycles. The van der Waals surface area contributed by atoms with Gasteiger partial charge in [0.15, 0.2) is 0 Å². The second kappa shape index (κ2) is 7.00. The van der Waals surface area contributed by atoms with Crippen LogP contribution in [0.25, 0.3) is 0 Å². The number of hydrogen-bond acceptors (Lipinski definition) is 5. The van der Waals surface area contributed by atoms with Gasteiger partial charge in [-0.15, -0.1) is 10.2 Å². The van der Waals surface area contributed by atoms with Crippen molar-refractivity contribution in [2.75, 3.05) is 11.9 Å². The van der Waals surface area contributed by atoms with Gasteiger partial charge in [-0.2, -0.15) is 0 Å². The zero-order valence-electron chi connectivity index (χ0n) is 11.5. The summed E-state index contributed by atoms with van der Waals surface area (Å²) in [6, 6.07) is 7.08. The van der Waals surface area contributed by atoms with E-state index in [4.69, 9.17) is 4.74 Å². The molecular weight excluding hydrogens is 274 g/mol. The van der Waals surface area contributed by atoms with Crippen LogP contribution in [0.15, 0.2) is 29.8 Å². The normalized spacial score (nSPS) is 10.6. The summed E-state index contributed by atoms with van der Waals surface area (Å²) >= 11 is 1.28. The molecular formula is C14H17N3O2S. The molecule has 0 saturated heterocycles. The van der Waals surface area contributed by atoms with Gasteiger partial charge in [-0.05, 0) is 36.6 Å². The average molecular weight is 291 g/mol. The van der Waals surface area contributed by atoms with Gasteiger partial charge in [-0.25, -0.2) is 0 Å². The zero-order chi connectivity index (χ0) is 14.4. The number of carbonyl (C=O) groups excluding carboxylic acids is 1. The van der Waals surface area contributed by atoms with Crippen molar-refractivity contribution in [2.45, 2.75) is 20.3 Å². The molecule has 1 heterocycles. The molecule has 6 heteroatoms. The lowest BCUT2D eigenvalue weighted by atomic mass is 10.1. The van der Waals surface area contributed by atoms with Crippen molar-refractivity contribution in [1.29, 1.82) is 0 Å². The molecule has 0 aliphatic carbocycles. The fourth-order valence-electron chi connectivity index (χ4n) is 1.51. The Morgan fingerprint density at radius 3 is 2.70 bits per heavy atom. The maximum absolute atomic E-state index is 11.9. The highest BCUT2D eigenvalue weighted by molar-refractivity contribution is 7.13. The van der Waals surface area contributed by atoms with E-state index in [0.29, 0.717) is 23.2 Å². The lowest BCUT2D eigenvalue weighted by molar-refractivity contribution is 0.102. The van der Waals surface area contributed by atoms with Crippen LogP contribution in [0.5, 0.6) is 5.75 Å². The molecule has 0 aliphatic heterocycles. The number of nitrogens with zero attached hydrogens (tertiary/aromatic N) is 2. The Hall–Kier alpha value is -1.95. The highest BCUT2D eigenvalue weighted by atomic mass is 32.1. The topological polar surface area (TPSA) is 64.1 Å². The van der Waals surface area contributed by atoms with Gasteiger partial charge in [-0.3, -0.25) is 10.1 Å². The van der Waals surface area contributed by atoms with Crippen LogP contribution in [0, 0.1) is 5.92 Å². The first-order chi connectivity index (χ1) is 9.65. The fourth-order valence-corrected chi connectivity index (χ4v) is 1.95. The van der Waals surface area contributed by atoms with Crippen molar-refractivity contribution >= 4 is 22.4 Å². The van der Waals surface area contributed by atoms with E-state index in [1.54, 1.807) is 29.8 Å². The number of benzene rings is 1. The van der Waals surface area contributed by atoms with Crippen LogP contribution in [0.2, 0.25) is 0 Å². The van der Waals surface area contributed by atoms with Gasteiger partial charge >= 0.3 is 0 Å². The van der Waals surface area contributed by atoms with Gasteiger partial charge in [0.25, 0.3) is 5.91 Å². The Labute approximate surface area is 122 Å². The molecule has 0 fully saturated rings. The van der Waals surface area contributed by atoms with Crippen molar-refractivity contribution in [3.05, 3.63) is 35.3 Å². The van der Waals surface area contributed by atoms with E-state index in [1.165, 1.54) is 11.3 Å². The van der Waals surface area contributed by atoms with Crippen LogP contribution in [0.1, 0.15) is 30.6 Å². The summed E-state index contributed by atoms with van der Waals surface area (Å²) in [6.07, 6.45) is 1.01. The Bertz CT molecular complexity index is 538. The maximum atomic E-state index is 11.9. The number of anilines is 1. The van der Waals surface area contributed by atoms with Crippen LogP contribution < -0.4 is 10.1 Å². The fraction of sp³-hybridized carbons (Fsp3) is 0.357. The van der Waals surface area contributed by atoms with Gasteiger partial charge in [0.1, 0.15) is 11.3 Å². The summed E-state index contributed by atoms with van der Waals surface area (Å²) in [5, 5.41) is 10.6. The molecule has 2 aromatic rings. The molecule has 0 unspecified atom stereocenters. The monoisotopic (exact) mass is 291 g/mol. The first kappa shape index (κ1) is 14.5. The summed E-state index contributed by atoms with van der Waals surface area (Å²) < 4.78 is 5.61. The molecule has 0 aliphatic rings. The second-order valence-corrected chi connectivity index (χ2v) is 5.59. The smallest absolute Gasteiger partial charge is 0.257 e. The Morgan fingerprint density at radius 1 is 1.35 bits per heavy atom. The highest BCUT2D eigenvalue weighted by Crippen LogP contribution is 2.15. The third kappa shape index (κ3) is 4.31. The molecule has 0 spiro atoms. The zero-order valence-corrected chi connectivity index (χ0v) is 12.3. The SMILES string of the molecule is CC(C)CCOc1ccc(C(=O)Nc2nncs2)cc1. The average Bonchev–Trinajstić information content (AvgIpc) is 2.92. The minimum atomic E-state index is -0.199. The number of rotatable bonds is 6. The van der Waals surface area contributed by atoms with Crippen molar-refractivity contribution in [1.82, 2.24) is 10.2 Å². The molecule has 0 radical (unpaired) electrons. The predicted octanol–water partition coefficient (Wildman–Crippen LogP) is 3.22. The third-order valence-electron chi connectivity index (χ3n) is 2.66. The van der Waals surface area contributed by atoms with Gasteiger partial charge < -0.3 is 4.74 Å². The van der Waals surface area contributed by atoms with Crippen LogP contribution >= 0.6 is 11.3 Å². The molecule has 2 rings (SSSR count). The molecule has 1 amide bonds. The summed E-state index contributed by atoms with van der Waals surface area (Å²) in [7, 11) is 0. The Kier molecular flexibility index (Phi) is 5.06. The van der Waals surface area contributed by atoms with Crippen molar-refractivity contribution < 1.29 is 9.53 Å². The predicted molar refractivity (Wildman–Crippen MR) is 79.3 cm³/mol. The standard InChI is InChI=1S/C14H17N3O2S/c1-10(2)7-8-19-12-5-3-11(4-6-12)13(18)16-14-17-15-9-20-14/h3-6,9-10H,7-8H2,1-2H3,(H,16,17,18). The number of hydrogen-bond donors (Lipinski definition) is 1. The minimum absolute atomic E-state index is 0.199. The number of amides is 1. The quantitative estimate of drug-likeness (QED) is 0.887. The number of aromatic nitrogens is 2. The lowest BCUT2D eigenvalue weighted by Crippen LogP contribution is -2.11. The summed E-state index contributed by atoms with van der Waals surface area (Å²) in [4.78, 5) is 11.9. The molecule has 0 bridgehead atoms. The van der Waals surface area contributed by atoms with E-state index in [2.05, 4.69) is 29.4 Å². The second-order valence-electron chi connectivity index (χ2n) is 4.75. The van der Waals surface area contributed by atoms with E-state index < -0.39 is 0 Å². The Morgan fingerprint density at radius 2 is 2.10 bits per heavy atom. The first-order valence-corrected chi connectivity index (χ1v) is 7.33. The first-order valence-electron chi connectivity index (χ1n) is 6.45. The van der Waals surface area contributed by atoms with Crippen LogP contribution in [0.3, 0.4) is 0 Å². The molecule has 1 aromatic heterocycles. The summed E-state index contributed by atoms with van der Waals surface area (Å²) in [5.41, 5.74) is 2.14. The van der Waals surface area contributed by atoms with Crippen molar-refractivity contribution in [3.8, 4) is 5.75 Å². The largest absolute Gasteiger partial charge is 0.494 e. The number of ether oxygens (including phenoxy) is 1. The third-order valence-corrected chi connectivity index (χ3v) is 3.27. The van der Waals surface area contributed by atoms with Crippen LogP contribution in [0.4, 0.5) is 5.13 Å². The minimum Gasteiger partial charge on any atom is -0.494 e. The van der Waals surface area contributed by atoms with Gasteiger partial charge in [0, 0.05) is 5.56 Å². The van der Waals surface area contributed by atoms with Crippen LogP contribution in [-0.2, 0) is 0 Å².